The van der Waals surface area contributed by atoms with Crippen LogP contribution in [0.3, 0.4) is 0 Å². The first kappa shape index (κ1) is 19.3. The second kappa shape index (κ2) is 9.46. The van der Waals surface area contributed by atoms with Crippen LogP contribution in [0.1, 0.15) is 33.0 Å². The fraction of sp³-hybridized carbons (Fsp3) is 0.667. The summed E-state index contributed by atoms with van der Waals surface area (Å²) in [4.78, 5) is 16.4. The van der Waals surface area contributed by atoms with Gasteiger partial charge >= 0.3 is 0 Å². The van der Waals surface area contributed by atoms with Crippen molar-refractivity contribution in [3.63, 3.8) is 0 Å². The highest BCUT2D eigenvalue weighted by Gasteiger charge is 2.16. The molecular weight excluding hydrogens is 320 g/mol. The minimum Gasteiger partial charge on any atom is -0.469 e. The topological polar surface area (TPSA) is 87.9 Å². The molecule has 0 aromatic carbocycles. The molecule has 1 saturated heterocycles. The van der Waals surface area contributed by atoms with Crippen molar-refractivity contribution >= 4 is 11.9 Å². The molecule has 3 N–H and O–H groups in total. The number of hydrogen-bond acceptors (Lipinski definition) is 4. The van der Waals surface area contributed by atoms with Gasteiger partial charge in [-0.3, -0.25) is 4.79 Å². The first-order valence-electron chi connectivity index (χ1n) is 8.86. The summed E-state index contributed by atoms with van der Waals surface area (Å²) in [6.45, 7) is 9.01. The summed E-state index contributed by atoms with van der Waals surface area (Å²) in [5.74, 6) is 1.95. The number of rotatable bonds is 7. The second-order valence-electron chi connectivity index (χ2n) is 7.33. The van der Waals surface area contributed by atoms with Gasteiger partial charge < -0.3 is 25.1 Å². The summed E-state index contributed by atoms with van der Waals surface area (Å²) in [6, 6.07) is 3.82. The molecule has 2 heterocycles. The summed E-state index contributed by atoms with van der Waals surface area (Å²) >= 11 is 0. The highest BCUT2D eigenvalue weighted by Crippen LogP contribution is 2.10. The third kappa shape index (κ3) is 8.07. The maximum absolute atomic E-state index is 12.0. The molecule has 2 rings (SSSR count). The molecule has 1 fully saturated rings. The van der Waals surface area contributed by atoms with Gasteiger partial charge in [0.1, 0.15) is 12.3 Å². The molecule has 140 valence electrons. The van der Waals surface area contributed by atoms with E-state index in [4.69, 9.17) is 9.15 Å². The van der Waals surface area contributed by atoms with Crippen molar-refractivity contribution in [2.75, 3.05) is 32.8 Å². The Morgan fingerprint density at radius 3 is 2.84 bits per heavy atom. The zero-order chi connectivity index (χ0) is 18.1. The van der Waals surface area contributed by atoms with Gasteiger partial charge in [0.2, 0.25) is 5.91 Å². The molecule has 0 spiro atoms. The number of nitrogens with zero attached hydrogens (tertiary/aromatic N) is 1. The Morgan fingerprint density at radius 2 is 2.20 bits per heavy atom. The molecule has 1 aliphatic rings. The van der Waals surface area contributed by atoms with Crippen molar-refractivity contribution in [3.05, 3.63) is 24.2 Å². The first-order valence-corrected chi connectivity index (χ1v) is 8.86. The van der Waals surface area contributed by atoms with Crippen LogP contribution in [0, 0.1) is 5.92 Å². The molecule has 7 nitrogen and oxygen atoms in total. The predicted octanol–water partition coefficient (Wildman–Crippen LogP) is 1.31. The average Bonchev–Trinajstić information content (AvgIpc) is 3.21. The maximum atomic E-state index is 12.0. The van der Waals surface area contributed by atoms with E-state index in [1.165, 1.54) is 0 Å². The Morgan fingerprint density at radius 1 is 1.36 bits per heavy atom. The maximum Gasteiger partial charge on any atom is 0.242 e. The van der Waals surface area contributed by atoms with Crippen LogP contribution < -0.4 is 16.0 Å². The van der Waals surface area contributed by atoms with Gasteiger partial charge in [-0.2, -0.15) is 0 Å². The molecule has 0 aliphatic carbocycles. The van der Waals surface area contributed by atoms with Gasteiger partial charge in [0, 0.05) is 37.6 Å². The van der Waals surface area contributed by atoms with Crippen molar-refractivity contribution in [1.29, 1.82) is 0 Å². The number of furan rings is 1. The molecule has 7 heteroatoms. The number of carbonyl (C=O) groups excluding carboxylic acids is 1. The molecule has 0 saturated carbocycles. The van der Waals surface area contributed by atoms with E-state index in [1.54, 1.807) is 6.26 Å². The van der Waals surface area contributed by atoms with Crippen LogP contribution in [-0.4, -0.2) is 50.3 Å². The van der Waals surface area contributed by atoms with E-state index in [9.17, 15) is 4.79 Å². The molecular formula is C18H30N4O3. The van der Waals surface area contributed by atoms with Crippen molar-refractivity contribution < 1.29 is 13.9 Å². The molecule has 1 aromatic heterocycles. The van der Waals surface area contributed by atoms with Crippen molar-refractivity contribution in [1.82, 2.24) is 16.0 Å². The van der Waals surface area contributed by atoms with Gasteiger partial charge in [-0.15, -0.1) is 0 Å². The standard InChI is InChI=1S/C18H30N4O3/c1-18(2,3)22-16(23)12-21-17(20-11-14-7-10-24-13-14)19-8-6-15-5-4-9-25-15/h4-5,9,14H,6-8,10-13H2,1-3H3,(H,22,23)(H2,19,20,21). The smallest absolute Gasteiger partial charge is 0.242 e. The quantitative estimate of drug-likeness (QED) is 0.510. The van der Waals surface area contributed by atoms with Crippen LogP contribution in [0.5, 0.6) is 0 Å². The summed E-state index contributed by atoms with van der Waals surface area (Å²) in [5, 5.41) is 9.48. The summed E-state index contributed by atoms with van der Waals surface area (Å²) in [7, 11) is 0. The lowest BCUT2D eigenvalue weighted by molar-refractivity contribution is -0.121. The van der Waals surface area contributed by atoms with E-state index in [-0.39, 0.29) is 18.0 Å². The first-order chi connectivity index (χ1) is 11.9. The van der Waals surface area contributed by atoms with Gasteiger partial charge in [-0.25, -0.2) is 4.99 Å². The SMILES string of the molecule is CC(C)(C)NC(=O)CN=C(NCCc1ccco1)NCC1CCOC1. The molecule has 0 bridgehead atoms. The van der Waals surface area contributed by atoms with Gasteiger partial charge in [0.05, 0.1) is 12.9 Å². The zero-order valence-electron chi connectivity index (χ0n) is 15.4. The van der Waals surface area contributed by atoms with Crippen LogP contribution in [-0.2, 0) is 16.0 Å². The molecule has 1 atom stereocenters. The van der Waals surface area contributed by atoms with Gasteiger partial charge in [-0.1, -0.05) is 0 Å². The molecule has 25 heavy (non-hydrogen) atoms. The van der Waals surface area contributed by atoms with Crippen LogP contribution in [0.15, 0.2) is 27.8 Å². The molecule has 1 aliphatic heterocycles. The van der Waals surface area contributed by atoms with Crippen molar-refractivity contribution in [2.24, 2.45) is 10.9 Å². The number of guanidine groups is 1. The van der Waals surface area contributed by atoms with Crippen LogP contribution in [0.25, 0.3) is 0 Å². The van der Waals surface area contributed by atoms with E-state index in [0.29, 0.717) is 18.4 Å². The number of hydrogen-bond donors (Lipinski definition) is 3. The van der Waals surface area contributed by atoms with Crippen LogP contribution in [0.2, 0.25) is 0 Å². The normalized spacial score (nSPS) is 18.2. The summed E-state index contributed by atoms with van der Waals surface area (Å²) < 4.78 is 10.7. The zero-order valence-corrected chi connectivity index (χ0v) is 15.4. The van der Waals surface area contributed by atoms with E-state index in [1.807, 2.05) is 32.9 Å². The number of amides is 1. The predicted molar refractivity (Wildman–Crippen MR) is 97.5 cm³/mol. The lowest BCUT2D eigenvalue weighted by atomic mass is 10.1. The Labute approximate surface area is 149 Å². The number of aliphatic imine (C=N–C) groups is 1. The van der Waals surface area contributed by atoms with Crippen LogP contribution >= 0.6 is 0 Å². The largest absolute Gasteiger partial charge is 0.469 e. The molecule has 0 radical (unpaired) electrons. The third-order valence-corrected chi connectivity index (χ3v) is 3.72. The van der Waals surface area contributed by atoms with Crippen molar-refractivity contribution in [2.45, 2.75) is 39.2 Å². The summed E-state index contributed by atoms with van der Waals surface area (Å²) in [5.41, 5.74) is -0.256. The fourth-order valence-electron chi connectivity index (χ4n) is 2.53. The van der Waals surface area contributed by atoms with E-state index in [0.717, 1.165) is 38.4 Å². The lowest BCUT2D eigenvalue weighted by Gasteiger charge is -2.20. The van der Waals surface area contributed by atoms with Gasteiger partial charge in [0.15, 0.2) is 5.96 Å². The highest BCUT2D eigenvalue weighted by atomic mass is 16.5. The lowest BCUT2D eigenvalue weighted by Crippen LogP contribution is -2.44. The highest BCUT2D eigenvalue weighted by molar-refractivity contribution is 5.85. The van der Waals surface area contributed by atoms with Crippen LogP contribution in [0.4, 0.5) is 0 Å². The van der Waals surface area contributed by atoms with E-state index < -0.39 is 0 Å². The van der Waals surface area contributed by atoms with Crippen molar-refractivity contribution in [3.8, 4) is 0 Å². The minimum absolute atomic E-state index is 0.0918. The third-order valence-electron chi connectivity index (χ3n) is 3.72. The Kier molecular flexibility index (Phi) is 7.31. The van der Waals surface area contributed by atoms with E-state index >= 15 is 0 Å². The second-order valence-corrected chi connectivity index (χ2v) is 7.33. The molecule has 1 unspecified atom stereocenters. The van der Waals surface area contributed by atoms with E-state index in [2.05, 4.69) is 20.9 Å². The van der Waals surface area contributed by atoms with Gasteiger partial charge in [0.25, 0.3) is 0 Å². The number of carbonyl (C=O) groups is 1. The average molecular weight is 350 g/mol. The molecule has 1 amide bonds. The minimum atomic E-state index is -0.256. The fourth-order valence-corrected chi connectivity index (χ4v) is 2.53. The Balaban J connectivity index is 1.82. The Bertz CT molecular complexity index is 543. The number of nitrogens with one attached hydrogen (secondary N) is 3. The monoisotopic (exact) mass is 350 g/mol. The number of ether oxygens (including phenoxy) is 1. The Hall–Kier alpha value is -2.02. The van der Waals surface area contributed by atoms with Gasteiger partial charge in [-0.05, 0) is 39.3 Å². The molecule has 1 aromatic rings. The summed E-state index contributed by atoms with van der Waals surface area (Å²) in [6.07, 6.45) is 3.48.